The molecule has 1 unspecified atom stereocenters. The van der Waals surface area contributed by atoms with Gasteiger partial charge in [-0.3, -0.25) is 9.48 Å². The summed E-state index contributed by atoms with van der Waals surface area (Å²) in [4.78, 5) is 12.0. The first kappa shape index (κ1) is 13.4. The Morgan fingerprint density at radius 2 is 2.38 bits per heavy atom. The lowest BCUT2D eigenvalue weighted by molar-refractivity contribution is 0.0954. The fourth-order valence-corrected chi connectivity index (χ4v) is 2.03. The van der Waals surface area contributed by atoms with Gasteiger partial charge >= 0.3 is 0 Å². The van der Waals surface area contributed by atoms with Gasteiger partial charge in [0.1, 0.15) is 5.69 Å². The second-order valence-corrected chi connectivity index (χ2v) is 4.89. The summed E-state index contributed by atoms with van der Waals surface area (Å²) >= 11 is 3.36. The van der Waals surface area contributed by atoms with Crippen molar-refractivity contribution in [1.29, 1.82) is 0 Å². The predicted octanol–water partition coefficient (Wildman–Crippen LogP) is 2.22. The highest BCUT2D eigenvalue weighted by Crippen LogP contribution is 2.19. The van der Waals surface area contributed by atoms with Crippen molar-refractivity contribution >= 4 is 21.7 Å². The lowest BCUT2D eigenvalue weighted by Gasteiger charge is -2.09. The summed E-state index contributed by atoms with van der Waals surface area (Å²) in [6.45, 7) is 5.34. The number of aromatic nitrogens is 2. The summed E-state index contributed by atoms with van der Waals surface area (Å²) in [7, 11) is 0. The maximum absolute atomic E-state index is 12.0. The molecule has 1 rings (SSSR count). The minimum atomic E-state index is 0.107. The van der Waals surface area contributed by atoms with Crippen LogP contribution < -0.4 is 5.73 Å². The zero-order chi connectivity index (χ0) is 12.1. The highest BCUT2D eigenvalue weighted by atomic mass is 79.9. The topological polar surface area (TPSA) is 60.9 Å². The first-order chi connectivity index (χ1) is 7.60. The number of aryl methyl sites for hydroxylation is 1. The van der Waals surface area contributed by atoms with Crippen LogP contribution in [-0.4, -0.2) is 22.1 Å². The van der Waals surface area contributed by atoms with Crippen molar-refractivity contribution in [3.05, 3.63) is 16.4 Å². The van der Waals surface area contributed by atoms with Crippen LogP contribution in [0.4, 0.5) is 0 Å². The third-order valence-electron chi connectivity index (χ3n) is 2.43. The molecule has 1 heterocycles. The molecule has 5 heteroatoms. The Balaban J connectivity index is 2.84. The smallest absolute Gasteiger partial charge is 0.182 e. The molecular formula is C11H18BrN3O. The van der Waals surface area contributed by atoms with Crippen LogP contribution >= 0.6 is 15.9 Å². The highest BCUT2D eigenvalue weighted by molar-refractivity contribution is 9.10. The normalized spacial score (nSPS) is 12.8. The predicted molar refractivity (Wildman–Crippen MR) is 67.4 cm³/mol. The van der Waals surface area contributed by atoms with Gasteiger partial charge in [-0.2, -0.15) is 5.10 Å². The van der Waals surface area contributed by atoms with Crippen molar-refractivity contribution in [2.45, 2.75) is 33.2 Å². The molecule has 0 amide bonds. The van der Waals surface area contributed by atoms with Crippen molar-refractivity contribution in [1.82, 2.24) is 9.78 Å². The average molecular weight is 288 g/mol. The molecule has 1 aromatic rings. The van der Waals surface area contributed by atoms with E-state index >= 15 is 0 Å². The van der Waals surface area contributed by atoms with Gasteiger partial charge < -0.3 is 5.73 Å². The van der Waals surface area contributed by atoms with Gasteiger partial charge in [0.05, 0.1) is 10.7 Å². The quantitative estimate of drug-likeness (QED) is 0.816. The van der Waals surface area contributed by atoms with Crippen LogP contribution in [0.3, 0.4) is 0 Å². The minimum Gasteiger partial charge on any atom is -0.330 e. The van der Waals surface area contributed by atoms with Gasteiger partial charge in [0.2, 0.25) is 0 Å². The number of Topliss-reactive ketones (excluding diaryl/α,β-unsaturated/α-hetero) is 1. The Bertz CT molecular complexity index is 362. The third kappa shape index (κ3) is 3.15. The van der Waals surface area contributed by atoms with Gasteiger partial charge in [0.25, 0.3) is 0 Å². The van der Waals surface area contributed by atoms with Gasteiger partial charge in [-0.05, 0) is 34.8 Å². The molecule has 0 aliphatic carbocycles. The van der Waals surface area contributed by atoms with Crippen LogP contribution in [0, 0.1) is 5.92 Å². The molecular weight excluding hydrogens is 270 g/mol. The Labute approximate surface area is 104 Å². The van der Waals surface area contributed by atoms with E-state index in [1.807, 2.05) is 6.92 Å². The molecule has 0 saturated heterocycles. The lowest BCUT2D eigenvalue weighted by atomic mass is 10.0. The SMILES string of the molecule is CCCn1ncc(Br)c1C(=O)CC(C)CN. The van der Waals surface area contributed by atoms with Crippen molar-refractivity contribution in [2.75, 3.05) is 6.54 Å². The van der Waals surface area contributed by atoms with Crippen LogP contribution in [0.1, 0.15) is 37.2 Å². The molecule has 4 nitrogen and oxygen atoms in total. The standard InChI is InChI=1S/C11H18BrN3O/c1-3-4-15-11(9(12)7-14-15)10(16)5-8(2)6-13/h7-8H,3-6,13H2,1-2H3. The summed E-state index contributed by atoms with van der Waals surface area (Å²) in [5.74, 6) is 0.320. The van der Waals surface area contributed by atoms with E-state index in [4.69, 9.17) is 5.73 Å². The van der Waals surface area contributed by atoms with Gasteiger partial charge in [0, 0.05) is 13.0 Å². The van der Waals surface area contributed by atoms with Gasteiger partial charge in [-0.15, -0.1) is 0 Å². The summed E-state index contributed by atoms with van der Waals surface area (Å²) < 4.78 is 2.53. The number of hydrogen-bond donors (Lipinski definition) is 1. The van der Waals surface area contributed by atoms with E-state index < -0.39 is 0 Å². The number of nitrogens with two attached hydrogens (primary N) is 1. The van der Waals surface area contributed by atoms with Crippen LogP contribution in [0.2, 0.25) is 0 Å². The Kier molecular flexibility index (Phi) is 5.15. The first-order valence-electron chi connectivity index (χ1n) is 5.54. The number of nitrogens with zero attached hydrogens (tertiary/aromatic N) is 2. The van der Waals surface area contributed by atoms with Crippen LogP contribution in [0.25, 0.3) is 0 Å². The molecule has 0 aliphatic heterocycles. The number of hydrogen-bond acceptors (Lipinski definition) is 3. The second-order valence-electron chi connectivity index (χ2n) is 4.03. The van der Waals surface area contributed by atoms with Gasteiger partial charge in [0.15, 0.2) is 5.78 Å². The van der Waals surface area contributed by atoms with E-state index in [0.29, 0.717) is 18.7 Å². The molecule has 0 aromatic carbocycles. The number of ketones is 1. The third-order valence-corrected chi connectivity index (χ3v) is 3.01. The molecule has 0 radical (unpaired) electrons. The van der Waals surface area contributed by atoms with Crippen molar-refractivity contribution < 1.29 is 4.79 Å². The lowest BCUT2D eigenvalue weighted by Crippen LogP contribution is -2.18. The molecule has 90 valence electrons. The maximum Gasteiger partial charge on any atom is 0.182 e. The van der Waals surface area contributed by atoms with Gasteiger partial charge in [-0.25, -0.2) is 0 Å². The van der Waals surface area contributed by atoms with E-state index in [1.165, 1.54) is 0 Å². The fourth-order valence-electron chi connectivity index (χ4n) is 1.52. The monoisotopic (exact) mass is 287 g/mol. The van der Waals surface area contributed by atoms with E-state index in [0.717, 1.165) is 17.4 Å². The molecule has 0 bridgehead atoms. The van der Waals surface area contributed by atoms with E-state index in [1.54, 1.807) is 10.9 Å². The van der Waals surface area contributed by atoms with Crippen molar-refractivity contribution in [3.63, 3.8) is 0 Å². The zero-order valence-corrected chi connectivity index (χ0v) is 11.3. The average Bonchev–Trinajstić information content (AvgIpc) is 2.60. The number of rotatable bonds is 6. The summed E-state index contributed by atoms with van der Waals surface area (Å²) in [6, 6.07) is 0. The molecule has 0 spiro atoms. The summed E-state index contributed by atoms with van der Waals surface area (Å²) in [6.07, 6.45) is 3.11. The molecule has 1 aromatic heterocycles. The molecule has 16 heavy (non-hydrogen) atoms. The Hall–Kier alpha value is -0.680. The molecule has 0 fully saturated rings. The van der Waals surface area contributed by atoms with E-state index in [9.17, 15) is 4.79 Å². The van der Waals surface area contributed by atoms with Crippen molar-refractivity contribution in [2.24, 2.45) is 11.7 Å². The number of halogens is 1. The van der Waals surface area contributed by atoms with Crippen LogP contribution in [-0.2, 0) is 6.54 Å². The van der Waals surface area contributed by atoms with Gasteiger partial charge in [-0.1, -0.05) is 13.8 Å². The molecule has 0 saturated carbocycles. The van der Waals surface area contributed by atoms with E-state index in [2.05, 4.69) is 28.0 Å². The summed E-state index contributed by atoms with van der Waals surface area (Å²) in [5.41, 5.74) is 6.19. The maximum atomic E-state index is 12.0. The molecule has 0 aliphatic rings. The fraction of sp³-hybridized carbons (Fsp3) is 0.636. The molecule has 1 atom stereocenters. The largest absolute Gasteiger partial charge is 0.330 e. The highest BCUT2D eigenvalue weighted by Gasteiger charge is 2.18. The second kappa shape index (κ2) is 6.15. The van der Waals surface area contributed by atoms with Crippen molar-refractivity contribution in [3.8, 4) is 0 Å². The zero-order valence-electron chi connectivity index (χ0n) is 9.74. The Morgan fingerprint density at radius 3 is 2.94 bits per heavy atom. The first-order valence-corrected chi connectivity index (χ1v) is 6.34. The number of carbonyl (C=O) groups is 1. The van der Waals surface area contributed by atoms with Crippen LogP contribution in [0.15, 0.2) is 10.7 Å². The Morgan fingerprint density at radius 1 is 1.69 bits per heavy atom. The molecule has 2 N–H and O–H groups in total. The van der Waals surface area contributed by atoms with E-state index in [-0.39, 0.29) is 11.7 Å². The van der Waals surface area contributed by atoms with Crippen LogP contribution in [0.5, 0.6) is 0 Å². The summed E-state index contributed by atoms with van der Waals surface area (Å²) in [5, 5.41) is 4.18. The minimum absolute atomic E-state index is 0.107. The number of carbonyl (C=O) groups excluding carboxylic acids is 1.